The zero-order valence-corrected chi connectivity index (χ0v) is 21.4. The molecule has 1 unspecified atom stereocenters. The molecule has 1 atom stereocenters. The largest absolute Gasteiger partial charge is 0.494 e. The summed E-state index contributed by atoms with van der Waals surface area (Å²) >= 11 is 0. The molecule has 0 aliphatic carbocycles. The molecule has 3 aromatic heterocycles. The maximum absolute atomic E-state index is 13.5. The Hall–Kier alpha value is -4.52. The molecule has 5 rings (SSSR count). The second-order valence-corrected chi connectivity index (χ2v) is 9.13. The number of likely N-dealkylation sites (tertiary alicyclic amines) is 1. The van der Waals surface area contributed by atoms with Gasteiger partial charge >= 0.3 is 6.18 Å². The number of methoxy groups -OCH3 is 1. The van der Waals surface area contributed by atoms with Gasteiger partial charge in [0.25, 0.3) is 5.91 Å². The maximum atomic E-state index is 13.5. The Morgan fingerprint density at radius 2 is 1.93 bits per heavy atom. The van der Waals surface area contributed by atoms with Gasteiger partial charge in [0.15, 0.2) is 11.5 Å². The lowest BCUT2D eigenvalue weighted by Crippen LogP contribution is -2.42. The van der Waals surface area contributed by atoms with E-state index in [9.17, 15) is 22.8 Å². The Morgan fingerprint density at radius 3 is 2.58 bits per heavy atom. The molecular formula is C27H25F3N6O4. The van der Waals surface area contributed by atoms with Crippen molar-refractivity contribution in [3.63, 3.8) is 0 Å². The number of carbonyl (C=O) groups is 2. The van der Waals surface area contributed by atoms with Crippen molar-refractivity contribution >= 4 is 22.7 Å². The Morgan fingerprint density at radius 1 is 1.15 bits per heavy atom. The van der Waals surface area contributed by atoms with Gasteiger partial charge in [-0.1, -0.05) is 6.07 Å². The van der Waals surface area contributed by atoms with Crippen molar-refractivity contribution in [3.8, 4) is 17.2 Å². The minimum Gasteiger partial charge on any atom is -0.494 e. The van der Waals surface area contributed by atoms with Crippen LogP contribution in [0.5, 0.6) is 5.75 Å². The number of rotatable bonds is 7. The van der Waals surface area contributed by atoms with E-state index in [-0.39, 0.29) is 52.0 Å². The molecule has 13 heteroatoms. The monoisotopic (exact) mass is 554 g/mol. The minimum atomic E-state index is -4.66. The Labute approximate surface area is 226 Å². The van der Waals surface area contributed by atoms with Gasteiger partial charge in [-0.2, -0.15) is 13.2 Å². The first-order chi connectivity index (χ1) is 19.2. The number of oxazole rings is 1. The summed E-state index contributed by atoms with van der Waals surface area (Å²) < 4.78 is 51.0. The smallest absolute Gasteiger partial charge is 0.433 e. The van der Waals surface area contributed by atoms with Crippen LogP contribution in [0.15, 0.2) is 53.2 Å². The second-order valence-electron chi connectivity index (χ2n) is 9.13. The Kier molecular flexibility index (Phi) is 7.39. The lowest BCUT2D eigenvalue weighted by molar-refractivity contribution is -0.141. The fourth-order valence-corrected chi connectivity index (χ4v) is 4.64. The second kappa shape index (κ2) is 10.9. The summed E-state index contributed by atoms with van der Waals surface area (Å²) in [4.78, 5) is 40.6. The van der Waals surface area contributed by atoms with Crippen molar-refractivity contribution in [2.45, 2.75) is 31.6 Å². The highest BCUT2D eigenvalue weighted by atomic mass is 19.4. The number of amides is 2. The molecule has 0 saturated carbocycles. The van der Waals surface area contributed by atoms with Crippen LogP contribution in [0.1, 0.15) is 46.4 Å². The van der Waals surface area contributed by atoms with Gasteiger partial charge in [0.05, 0.1) is 13.7 Å². The van der Waals surface area contributed by atoms with E-state index in [0.29, 0.717) is 18.7 Å². The number of benzene rings is 1. The van der Waals surface area contributed by atoms with Crippen LogP contribution in [0.3, 0.4) is 0 Å². The topological polar surface area (TPSA) is 136 Å². The van der Waals surface area contributed by atoms with E-state index in [1.807, 2.05) is 0 Å². The number of nitrogens with one attached hydrogen (secondary N) is 1. The van der Waals surface area contributed by atoms with Gasteiger partial charge in [-0.25, -0.2) is 9.97 Å². The van der Waals surface area contributed by atoms with Crippen molar-refractivity contribution in [3.05, 3.63) is 71.5 Å². The number of ether oxygens (including phenoxy) is 1. The molecule has 3 N–H and O–H groups in total. The molecular weight excluding hydrogens is 529 g/mol. The van der Waals surface area contributed by atoms with Crippen LogP contribution < -0.4 is 15.8 Å². The van der Waals surface area contributed by atoms with Crippen LogP contribution in [0.25, 0.3) is 22.4 Å². The summed E-state index contributed by atoms with van der Waals surface area (Å²) in [5.74, 6) is -0.872. The third kappa shape index (κ3) is 5.19. The first-order valence-corrected chi connectivity index (χ1v) is 12.5. The molecule has 1 aliphatic rings. The average Bonchev–Trinajstić information content (AvgIpc) is 3.65. The fourth-order valence-electron chi connectivity index (χ4n) is 4.64. The molecule has 0 bridgehead atoms. The molecule has 1 aliphatic heterocycles. The number of hydrogen-bond donors (Lipinski definition) is 2. The molecule has 1 aromatic carbocycles. The van der Waals surface area contributed by atoms with Gasteiger partial charge < -0.3 is 25.1 Å². The average molecular weight is 555 g/mol. The molecule has 4 aromatic rings. The minimum absolute atomic E-state index is 0.0369. The highest BCUT2D eigenvalue weighted by molar-refractivity contribution is 5.99. The number of fused-ring (bicyclic) bond motifs is 1. The van der Waals surface area contributed by atoms with E-state index in [1.54, 1.807) is 29.3 Å². The molecule has 208 valence electrons. The van der Waals surface area contributed by atoms with E-state index in [2.05, 4.69) is 20.3 Å². The normalized spacial score (nSPS) is 14.4. The van der Waals surface area contributed by atoms with Gasteiger partial charge in [0.1, 0.15) is 23.0 Å². The van der Waals surface area contributed by atoms with Gasteiger partial charge in [-0.3, -0.25) is 14.6 Å². The van der Waals surface area contributed by atoms with E-state index < -0.39 is 23.8 Å². The Bertz CT molecular complexity index is 1550. The van der Waals surface area contributed by atoms with E-state index in [4.69, 9.17) is 14.9 Å². The summed E-state index contributed by atoms with van der Waals surface area (Å²) in [6.45, 7) is 0.975. The predicted molar refractivity (Wildman–Crippen MR) is 137 cm³/mol. The van der Waals surface area contributed by atoms with Gasteiger partial charge in [-0.15, -0.1) is 0 Å². The SMILES string of the molecule is COc1ccc(-c2nc(C(=O)NC(C(=O)N3CCCC3)c3cccnc3)c(CN)o2)c2ccc(C(F)(F)F)nc12. The fraction of sp³-hybridized carbons (Fsp3) is 0.296. The van der Waals surface area contributed by atoms with Crippen molar-refractivity contribution < 1.29 is 31.9 Å². The number of aromatic nitrogens is 3. The number of nitrogens with zero attached hydrogens (tertiary/aromatic N) is 4. The standard InChI is InChI=1S/C27H25F3N6O4/c1-39-18-8-6-17(16-7-9-20(27(28,29)30)33-22(16)18)25-35-23(19(13-31)40-25)24(37)34-21(15-5-4-10-32-14-15)26(38)36-11-2-3-12-36/h4-10,14,21H,2-3,11-13,31H2,1H3,(H,34,37). The van der Waals surface area contributed by atoms with Crippen molar-refractivity contribution in [2.24, 2.45) is 5.73 Å². The number of carbonyl (C=O) groups excluding carboxylic acids is 2. The highest BCUT2D eigenvalue weighted by Crippen LogP contribution is 2.37. The molecule has 0 spiro atoms. The first kappa shape index (κ1) is 27.1. The van der Waals surface area contributed by atoms with Crippen LogP contribution in [0.4, 0.5) is 13.2 Å². The zero-order valence-electron chi connectivity index (χ0n) is 21.4. The molecule has 4 heterocycles. The molecule has 0 radical (unpaired) electrons. The molecule has 1 fully saturated rings. The van der Waals surface area contributed by atoms with Crippen LogP contribution in [-0.2, 0) is 17.5 Å². The third-order valence-corrected chi connectivity index (χ3v) is 6.62. The van der Waals surface area contributed by atoms with Gasteiger partial charge in [-0.05, 0) is 43.2 Å². The quantitative estimate of drug-likeness (QED) is 0.352. The first-order valence-electron chi connectivity index (χ1n) is 12.5. The van der Waals surface area contributed by atoms with Crippen LogP contribution in [-0.4, -0.2) is 51.9 Å². The van der Waals surface area contributed by atoms with Crippen molar-refractivity contribution in [1.82, 2.24) is 25.2 Å². The number of nitrogens with two attached hydrogens (primary N) is 1. The predicted octanol–water partition coefficient (Wildman–Crippen LogP) is 3.86. The molecule has 10 nitrogen and oxygen atoms in total. The van der Waals surface area contributed by atoms with Crippen molar-refractivity contribution in [2.75, 3.05) is 20.2 Å². The van der Waals surface area contributed by atoms with E-state index in [0.717, 1.165) is 18.9 Å². The molecule has 2 amide bonds. The summed E-state index contributed by atoms with van der Waals surface area (Å²) in [6, 6.07) is 7.39. The summed E-state index contributed by atoms with van der Waals surface area (Å²) in [6.07, 6.45) is 0.151. The maximum Gasteiger partial charge on any atom is 0.433 e. The zero-order chi connectivity index (χ0) is 28.4. The summed E-state index contributed by atoms with van der Waals surface area (Å²) in [7, 11) is 1.32. The highest BCUT2D eigenvalue weighted by Gasteiger charge is 2.34. The lowest BCUT2D eigenvalue weighted by Gasteiger charge is -2.24. The van der Waals surface area contributed by atoms with Gasteiger partial charge in [0, 0.05) is 42.0 Å². The van der Waals surface area contributed by atoms with Crippen LogP contribution >= 0.6 is 0 Å². The summed E-state index contributed by atoms with van der Waals surface area (Å²) in [5, 5.41) is 3.01. The third-order valence-electron chi connectivity index (χ3n) is 6.62. The van der Waals surface area contributed by atoms with Crippen molar-refractivity contribution in [1.29, 1.82) is 0 Å². The number of alkyl halides is 3. The summed E-state index contributed by atoms with van der Waals surface area (Å²) in [5.41, 5.74) is 5.34. The van der Waals surface area contributed by atoms with E-state index >= 15 is 0 Å². The van der Waals surface area contributed by atoms with Crippen LogP contribution in [0.2, 0.25) is 0 Å². The Balaban J connectivity index is 1.52. The van der Waals surface area contributed by atoms with Crippen LogP contribution in [0, 0.1) is 0 Å². The molecule has 1 saturated heterocycles. The number of hydrogen-bond acceptors (Lipinski definition) is 8. The number of halogens is 3. The lowest BCUT2D eigenvalue weighted by atomic mass is 10.1. The molecule has 40 heavy (non-hydrogen) atoms. The number of pyridine rings is 2. The van der Waals surface area contributed by atoms with E-state index in [1.165, 1.54) is 25.4 Å². The van der Waals surface area contributed by atoms with Gasteiger partial charge in [0.2, 0.25) is 11.8 Å².